The molecule has 0 spiro atoms. The third-order valence-corrected chi connectivity index (χ3v) is 2.23. The number of esters is 2. The molecule has 0 aliphatic rings. The van der Waals surface area contributed by atoms with Crippen LogP contribution in [0.3, 0.4) is 0 Å². The van der Waals surface area contributed by atoms with Gasteiger partial charge in [-0.25, -0.2) is 4.79 Å². The molecule has 7 heteroatoms. The molecule has 1 aromatic heterocycles. The lowest BCUT2D eigenvalue weighted by molar-refractivity contribution is -0.149. The van der Waals surface area contributed by atoms with Crippen LogP contribution >= 0.6 is 0 Å². The van der Waals surface area contributed by atoms with Gasteiger partial charge in [0, 0.05) is 6.20 Å². The zero-order valence-electron chi connectivity index (χ0n) is 10.1. The Morgan fingerprint density at radius 2 is 2.06 bits per heavy atom. The quantitative estimate of drug-likeness (QED) is 0.712. The molecule has 98 valence electrons. The van der Waals surface area contributed by atoms with E-state index in [1.165, 1.54) is 14.2 Å². The highest BCUT2D eigenvalue weighted by molar-refractivity contribution is 5.96. The summed E-state index contributed by atoms with van der Waals surface area (Å²) in [7, 11) is 2.37. The Morgan fingerprint density at radius 1 is 1.33 bits per heavy atom. The fourth-order valence-electron chi connectivity index (χ4n) is 1.29. The minimum absolute atomic E-state index is 0.282. The van der Waals surface area contributed by atoms with Crippen molar-refractivity contribution in [3.05, 3.63) is 24.0 Å². The summed E-state index contributed by atoms with van der Waals surface area (Å²) in [4.78, 5) is 36.9. The van der Waals surface area contributed by atoms with Crippen molar-refractivity contribution in [2.45, 2.75) is 12.5 Å². The van der Waals surface area contributed by atoms with E-state index in [0.29, 0.717) is 0 Å². The summed E-state index contributed by atoms with van der Waals surface area (Å²) in [6, 6.07) is 2.11. The van der Waals surface area contributed by atoms with Crippen LogP contribution in [-0.4, -0.2) is 43.1 Å². The smallest absolute Gasteiger partial charge is 0.328 e. The molecule has 1 atom stereocenters. The fraction of sp³-hybridized carbons (Fsp3) is 0.364. The molecule has 18 heavy (non-hydrogen) atoms. The number of amides is 1. The Morgan fingerprint density at radius 3 is 2.56 bits per heavy atom. The molecule has 1 rings (SSSR count). The first-order chi connectivity index (χ1) is 8.58. The van der Waals surface area contributed by atoms with E-state index in [2.05, 4.69) is 19.8 Å². The summed E-state index contributed by atoms with van der Waals surface area (Å²) >= 11 is 0. The highest BCUT2D eigenvalue weighted by atomic mass is 16.5. The molecule has 0 saturated heterocycles. The maximum absolute atomic E-state index is 11.7. The predicted octanol–water partition coefficient (Wildman–Crippen LogP) is -0.151. The number of hydrogen-bond acceptors (Lipinski definition) is 5. The number of H-pyrrole nitrogens is 1. The first-order valence-electron chi connectivity index (χ1n) is 5.17. The molecule has 1 unspecified atom stereocenters. The van der Waals surface area contributed by atoms with Crippen LogP contribution in [0.4, 0.5) is 0 Å². The number of aromatic amines is 1. The zero-order chi connectivity index (χ0) is 13.5. The molecule has 0 saturated carbocycles. The summed E-state index contributed by atoms with van der Waals surface area (Å²) in [5, 5.41) is 2.39. The second-order valence-corrected chi connectivity index (χ2v) is 3.41. The predicted molar refractivity (Wildman–Crippen MR) is 60.7 cm³/mol. The molecule has 0 aliphatic carbocycles. The first kappa shape index (κ1) is 13.8. The lowest BCUT2D eigenvalue weighted by Gasteiger charge is -2.14. The maximum atomic E-state index is 11.7. The lowest BCUT2D eigenvalue weighted by Crippen LogP contribution is -2.43. The number of hydrogen-bond donors (Lipinski definition) is 2. The minimum Gasteiger partial charge on any atom is -0.469 e. The number of aromatic nitrogens is 1. The summed E-state index contributed by atoms with van der Waals surface area (Å²) in [5.74, 6) is -1.82. The van der Waals surface area contributed by atoms with Gasteiger partial charge in [0.2, 0.25) is 0 Å². The first-order valence-corrected chi connectivity index (χ1v) is 5.17. The van der Waals surface area contributed by atoms with Crippen LogP contribution in [0.2, 0.25) is 0 Å². The minimum atomic E-state index is -1.07. The van der Waals surface area contributed by atoms with Gasteiger partial charge in [0.25, 0.3) is 5.91 Å². The molecule has 1 amide bonds. The normalized spacial score (nSPS) is 11.4. The second-order valence-electron chi connectivity index (χ2n) is 3.41. The van der Waals surface area contributed by atoms with E-state index in [1.54, 1.807) is 18.3 Å². The van der Waals surface area contributed by atoms with Crippen LogP contribution in [-0.2, 0) is 19.1 Å². The van der Waals surface area contributed by atoms with Crippen LogP contribution in [0.5, 0.6) is 0 Å². The molecule has 0 aromatic carbocycles. The molecule has 1 aromatic rings. The molecule has 7 nitrogen and oxygen atoms in total. The van der Waals surface area contributed by atoms with Gasteiger partial charge in [0.15, 0.2) is 0 Å². The second kappa shape index (κ2) is 6.43. The van der Waals surface area contributed by atoms with Gasteiger partial charge in [0.05, 0.1) is 20.6 Å². The summed E-state index contributed by atoms with van der Waals surface area (Å²) in [5.41, 5.74) is 0.286. The molecule has 2 N–H and O–H groups in total. The van der Waals surface area contributed by atoms with E-state index in [1.807, 2.05) is 0 Å². The Kier molecular flexibility index (Phi) is 4.91. The number of methoxy groups -OCH3 is 2. The standard InChI is InChI=1S/C11H14N2O5/c1-17-9(14)6-8(11(16)18-2)13-10(15)7-4-3-5-12-7/h3-5,8,12H,6H2,1-2H3,(H,13,15). The van der Waals surface area contributed by atoms with Gasteiger partial charge < -0.3 is 19.8 Å². The highest BCUT2D eigenvalue weighted by Gasteiger charge is 2.25. The van der Waals surface area contributed by atoms with Crippen LogP contribution in [0.25, 0.3) is 0 Å². The van der Waals surface area contributed by atoms with Crippen LogP contribution in [0.15, 0.2) is 18.3 Å². The van der Waals surface area contributed by atoms with E-state index in [0.717, 1.165) is 0 Å². The number of rotatable bonds is 5. The van der Waals surface area contributed by atoms with Gasteiger partial charge in [0.1, 0.15) is 11.7 Å². The van der Waals surface area contributed by atoms with Crippen molar-refractivity contribution >= 4 is 17.8 Å². The van der Waals surface area contributed by atoms with E-state index >= 15 is 0 Å². The highest BCUT2D eigenvalue weighted by Crippen LogP contribution is 2.01. The van der Waals surface area contributed by atoms with Gasteiger partial charge in [-0.15, -0.1) is 0 Å². The van der Waals surface area contributed by atoms with E-state index in [-0.39, 0.29) is 12.1 Å². The van der Waals surface area contributed by atoms with E-state index in [4.69, 9.17) is 0 Å². The summed E-state index contributed by atoms with van der Waals surface area (Å²) in [6.07, 6.45) is 1.29. The van der Waals surface area contributed by atoms with Crippen molar-refractivity contribution in [1.29, 1.82) is 0 Å². The van der Waals surface area contributed by atoms with Crippen LogP contribution in [0.1, 0.15) is 16.9 Å². The number of ether oxygens (including phenoxy) is 2. The third-order valence-electron chi connectivity index (χ3n) is 2.23. The van der Waals surface area contributed by atoms with Crippen molar-refractivity contribution < 1.29 is 23.9 Å². The summed E-state index contributed by atoms with van der Waals surface area (Å²) in [6.45, 7) is 0. The van der Waals surface area contributed by atoms with Crippen molar-refractivity contribution in [3.8, 4) is 0 Å². The van der Waals surface area contributed by atoms with Crippen LogP contribution < -0.4 is 5.32 Å². The Hall–Kier alpha value is -2.31. The van der Waals surface area contributed by atoms with Crippen LogP contribution in [0, 0.1) is 0 Å². The topological polar surface area (TPSA) is 97.5 Å². The van der Waals surface area contributed by atoms with Crippen molar-refractivity contribution in [1.82, 2.24) is 10.3 Å². The van der Waals surface area contributed by atoms with E-state index in [9.17, 15) is 14.4 Å². The van der Waals surface area contributed by atoms with Gasteiger partial charge in [-0.05, 0) is 12.1 Å². The molecule has 1 heterocycles. The average molecular weight is 254 g/mol. The van der Waals surface area contributed by atoms with Crippen molar-refractivity contribution in [2.24, 2.45) is 0 Å². The Balaban J connectivity index is 2.69. The third kappa shape index (κ3) is 3.62. The largest absolute Gasteiger partial charge is 0.469 e. The Bertz CT molecular complexity index is 427. The van der Waals surface area contributed by atoms with Crippen molar-refractivity contribution in [3.63, 3.8) is 0 Å². The molecule has 0 bridgehead atoms. The van der Waals surface area contributed by atoms with Gasteiger partial charge >= 0.3 is 11.9 Å². The average Bonchev–Trinajstić information content (AvgIpc) is 2.90. The van der Waals surface area contributed by atoms with E-state index < -0.39 is 23.9 Å². The van der Waals surface area contributed by atoms with Gasteiger partial charge in [-0.3, -0.25) is 9.59 Å². The zero-order valence-corrected chi connectivity index (χ0v) is 10.1. The summed E-state index contributed by atoms with van der Waals surface area (Å²) < 4.78 is 8.95. The number of carbonyl (C=O) groups excluding carboxylic acids is 3. The monoisotopic (exact) mass is 254 g/mol. The van der Waals surface area contributed by atoms with Gasteiger partial charge in [-0.2, -0.15) is 0 Å². The molecular formula is C11H14N2O5. The fourth-order valence-corrected chi connectivity index (χ4v) is 1.29. The number of carbonyl (C=O) groups is 3. The molecule has 0 fully saturated rings. The lowest BCUT2D eigenvalue weighted by atomic mass is 10.2. The van der Waals surface area contributed by atoms with Gasteiger partial charge in [-0.1, -0.05) is 0 Å². The Labute approximate surface area is 103 Å². The SMILES string of the molecule is COC(=O)CC(NC(=O)c1ccc[nH]1)C(=O)OC. The molecular weight excluding hydrogens is 240 g/mol. The van der Waals surface area contributed by atoms with Crippen molar-refractivity contribution in [2.75, 3.05) is 14.2 Å². The maximum Gasteiger partial charge on any atom is 0.328 e. The number of nitrogens with one attached hydrogen (secondary N) is 2. The molecule has 0 aliphatic heterocycles. The molecule has 0 radical (unpaired) electrons.